The van der Waals surface area contributed by atoms with Gasteiger partial charge in [-0.15, -0.1) is 0 Å². The topological polar surface area (TPSA) is 24.4 Å². The molecule has 3 heteroatoms. The maximum atomic E-state index is 12.7. The number of aryl methyl sites for hydroxylation is 1. The van der Waals surface area contributed by atoms with Gasteiger partial charge in [-0.3, -0.25) is 5.43 Å². The average molecular weight is 228 g/mol. The van der Waals surface area contributed by atoms with Gasteiger partial charge in [0, 0.05) is 0 Å². The van der Waals surface area contributed by atoms with Gasteiger partial charge in [-0.1, -0.05) is 29.8 Å². The molecular weight excluding hydrogens is 215 g/mol. The van der Waals surface area contributed by atoms with Crippen LogP contribution >= 0.6 is 0 Å². The largest absolute Gasteiger partial charge is 0.279 e. The number of hydrazone groups is 1. The Labute approximate surface area is 99.8 Å². The van der Waals surface area contributed by atoms with Crippen LogP contribution in [0.25, 0.3) is 0 Å². The lowest BCUT2D eigenvalue weighted by molar-refractivity contribution is 0.628. The fourth-order valence-electron chi connectivity index (χ4n) is 1.36. The van der Waals surface area contributed by atoms with E-state index in [1.807, 2.05) is 31.2 Å². The summed E-state index contributed by atoms with van der Waals surface area (Å²) >= 11 is 0. The molecule has 0 amide bonds. The molecule has 0 saturated carbocycles. The Morgan fingerprint density at radius 1 is 1.00 bits per heavy atom. The van der Waals surface area contributed by atoms with Gasteiger partial charge in [-0.05, 0) is 36.8 Å². The molecule has 0 aromatic heterocycles. The zero-order valence-corrected chi connectivity index (χ0v) is 9.52. The van der Waals surface area contributed by atoms with Crippen molar-refractivity contribution in [3.63, 3.8) is 0 Å². The fourth-order valence-corrected chi connectivity index (χ4v) is 1.36. The van der Waals surface area contributed by atoms with Crippen molar-refractivity contribution in [1.29, 1.82) is 0 Å². The van der Waals surface area contributed by atoms with E-state index in [2.05, 4.69) is 10.5 Å². The lowest BCUT2D eigenvalue weighted by Crippen LogP contribution is -1.90. The Bertz CT molecular complexity index is 501. The third-order valence-corrected chi connectivity index (χ3v) is 2.33. The van der Waals surface area contributed by atoms with E-state index in [9.17, 15) is 4.39 Å². The average Bonchev–Trinajstić information content (AvgIpc) is 2.34. The van der Waals surface area contributed by atoms with Crippen molar-refractivity contribution in [2.75, 3.05) is 5.43 Å². The van der Waals surface area contributed by atoms with E-state index in [-0.39, 0.29) is 5.82 Å². The minimum Gasteiger partial charge on any atom is -0.279 e. The molecule has 17 heavy (non-hydrogen) atoms. The van der Waals surface area contributed by atoms with Crippen molar-refractivity contribution >= 4 is 11.9 Å². The van der Waals surface area contributed by atoms with Crippen LogP contribution in [0, 0.1) is 12.7 Å². The Hall–Kier alpha value is -2.16. The number of nitrogens with zero attached hydrogens (tertiary/aromatic N) is 1. The number of halogens is 1. The van der Waals surface area contributed by atoms with Crippen molar-refractivity contribution in [2.24, 2.45) is 5.10 Å². The van der Waals surface area contributed by atoms with Gasteiger partial charge in [0.05, 0.1) is 11.9 Å². The van der Waals surface area contributed by atoms with E-state index < -0.39 is 0 Å². The molecule has 0 unspecified atom stereocenters. The van der Waals surface area contributed by atoms with E-state index in [0.29, 0.717) is 0 Å². The molecule has 0 spiro atoms. The zero-order chi connectivity index (χ0) is 12.1. The third kappa shape index (κ3) is 3.41. The Morgan fingerprint density at radius 2 is 1.65 bits per heavy atom. The molecule has 0 heterocycles. The van der Waals surface area contributed by atoms with Gasteiger partial charge >= 0.3 is 0 Å². The summed E-state index contributed by atoms with van der Waals surface area (Å²) in [7, 11) is 0. The summed E-state index contributed by atoms with van der Waals surface area (Å²) in [4.78, 5) is 0. The van der Waals surface area contributed by atoms with Gasteiger partial charge in [0.15, 0.2) is 0 Å². The van der Waals surface area contributed by atoms with Crippen LogP contribution in [0.4, 0.5) is 10.1 Å². The second-order valence-corrected chi connectivity index (χ2v) is 3.79. The molecule has 0 radical (unpaired) electrons. The summed E-state index contributed by atoms with van der Waals surface area (Å²) in [5.74, 6) is -0.242. The normalized spacial score (nSPS) is 10.7. The maximum Gasteiger partial charge on any atom is 0.123 e. The molecule has 1 N–H and O–H groups in total. The predicted octanol–water partition coefficient (Wildman–Crippen LogP) is 3.58. The monoisotopic (exact) mass is 228 g/mol. The summed E-state index contributed by atoms with van der Waals surface area (Å²) < 4.78 is 12.7. The molecule has 2 aromatic rings. The number of rotatable bonds is 3. The molecule has 0 aliphatic heterocycles. The SMILES string of the molecule is Cc1ccc(N/N=C/c2ccc(F)cc2)cc1. The number of hydrogen-bond acceptors (Lipinski definition) is 2. The number of hydrogen-bond donors (Lipinski definition) is 1. The quantitative estimate of drug-likeness (QED) is 0.630. The number of anilines is 1. The summed E-state index contributed by atoms with van der Waals surface area (Å²) in [6.07, 6.45) is 1.65. The first-order chi connectivity index (χ1) is 8.24. The van der Waals surface area contributed by atoms with Crippen LogP contribution in [-0.2, 0) is 0 Å². The van der Waals surface area contributed by atoms with Crippen LogP contribution in [0.2, 0.25) is 0 Å². The highest BCUT2D eigenvalue weighted by Gasteiger charge is 1.90. The highest BCUT2D eigenvalue weighted by Crippen LogP contribution is 2.08. The molecule has 0 aliphatic carbocycles. The highest BCUT2D eigenvalue weighted by atomic mass is 19.1. The maximum absolute atomic E-state index is 12.7. The summed E-state index contributed by atoms with van der Waals surface area (Å²) in [6, 6.07) is 14.1. The van der Waals surface area contributed by atoms with Gasteiger partial charge < -0.3 is 0 Å². The van der Waals surface area contributed by atoms with E-state index in [4.69, 9.17) is 0 Å². The van der Waals surface area contributed by atoms with Crippen molar-refractivity contribution in [2.45, 2.75) is 6.92 Å². The van der Waals surface area contributed by atoms with E-state index in [0.717, 1.165) is 11.3 Å². The van der Waals surface area contributed by atoms with Gasteiger partial charge in [0.1, 0.15) is 5.82 Å². The molecular formula is C14H13FN2. The standard InChI is InChI=1S/C14H13FN2/c1-11-2-8-14(9-3-11)17-16-10-12-4-6-13(15)7-5-12/h2-10,17H,1H3/b16-10+. The van der Waals surface area contributed by atoms with Crippen molar-refractivity contribution in [3.8, 4) is 0 Å². The molecule has 2 nitrogen and oxygen atoms in total. The highest BCUT2D eigenvalue weighted by molar-refractivity contribution is 5.80. The zero-order valence-electron chi connectivity index (χ0n) is 9.52. The second kappa shape index (κ2) is 5.25. The summed E-state index contributed by atoms with van der Waals surface area (Å²) in [6.45, 7) is 2.03. The molecule has 86 valence electrons. The van der Waals surface area contributed by atoms with Crippen molar-refractivity contribution in [1.82, 2.24) is 0 Å². The van der Waals surface area contributed by atoms with Crippen molar-refractivity contribution in [3.05, 3.63) is 65.5 Å². The second-order valence-electron chi connectivity index (χ2n) is 3.79. The molecule has 0 saturated heterocycles. The van der Waals surface area contributed by atoms with Crippen LogP contribution in [0.5, 0.6) is 0 Å². The Morgan fingerprint density at radius 3 is 2.29 bits per heavy atom. The summed E-state index contributed by atoms with van der Waals surface area (Å²) in [5.41, 5.74) is 5.89. The first-order valence-corrected chi connectivity index (χ1v) is 5.35. The van der Waals surface area contributed by atoms with E-state index in [1.165, 1.54) is 17.7 Å². The predicted molar refractivity (Wildman–Crippen MR) is 68.8 cm³/mol. The fraction of sp³-hybridized carbons (Fsp3) is 0.0714. The Kier molecular flexibility index (Phi) is 3.50. The van der Waals surface area contributed by atoms with Crippen LogP contribution in [0.15, 0.2) is 53.6 Å². The minimum atomic E-state index is -0.242. The third-order valence-electron chi connectivity index (χ3n) is 2.33. The number of nitrogens with one attached hydrogen (secondary N) is 1. The molecule has 2 aromatic carbocycles. The lowest BCUT2D eigenvalue weighted by Gasteiger charge is -2.00. The van der Waals surface area contributed by atoms with Crippen molar-refractivity contribution < 1.29 is 4.39 Å². The lowest BCUT2D eigenvalue weighted by atomic mass is 10.2. The van der Waals surface area contributed by atoms with Crippen LogP contribution < -0.4 is 5.43 Å². The molecule has 0 bridgehead atoms. The van der Waals surface area contributed by atoms with Crippen LogP contribution in [-0.4, -0.2) is 6.21 Å². The van der Waals surface area contributed by atoms with Crippen LogP contribution in [0.3, 0.4) is 0 Å². The first kappa shape index (κ1) is 11.3. The smallest absolute Gasteiger partial charge is 0.123 e. The molecule has 0 atom stereocenters. The molecule has 2 rings (SSSR count). The van der Waals surface area contributed by atoms with Gasteiger partial charge in [0.2, 0.25) is 0 Å². The molecule has 0 aliphatic rings. The van der Waals surface area contributed by atoms with Crippen LogP contribution in [0.1, 0.15) is 11.1 Å². The van der Waals surface area contributed by atoms with Gasteiger partial charge in [0.25, 0.3) is 0 Å². The van der Waals surface area contributed by atoms with E-state index in [1.54, 1.807) is 18.3 Å². The first-order valence-electron chi connectivity index (χ1n) is 5.35. The Balaban J connectivity index is 1.97. The van der Waals surface area contributed by atoms with E-state index >= 15 is 0 Å². The minimum absolute atomic E-state index is 0.242. The molecule has 0 fully saturated rings. The summed E-state index contributed by atoms with van der Waals surface area (Å²) in [5, 5.41) is 4.07. The number of benzene rings is 2. The van der Waals surface area contributed by atoms with Gasteiger partial charge in [-0.2, -0.15) is 5.10 Å². The van der Waals surface area contributed by atoms with Gasteiger partial charge in [-0.25, -0.2) is 4.39 Å².